The summed E-state index contributed by atoms with van der Waals surface area (Å²) in [5.41, 5.74) is 0.469. The molecule has 3 aromatic rings. The third kappa shape index (κ3) is 3.22. The number of imidazole rings is 1. The fourth-order valence-corrected chi connectivity index (χ4v) is 5.51. The summed E-state index contributed by atoms with van der Waals surface area (Å²) in [6, 6.07) is 3.70. The molecule has 0 aromatic carbocycles. The molecule has 0 radical (unpaired) electrons. The second-order valence-electron chi connectivity index (χ2n) is 9.08. The SMILES string of the molecule is O=C(NC12CC(c3nnc([C@H]4C[C@@H](OC(F)(F)F)C4)o3)(C1)C2)c1cn2ccc(Br)cc2n1. The lowest BCUT2D eigenvalue weighted by atomic mass is 9.39. The molecule has 4 aliphatic carbocycles. The third-order valence-electron chi connectivity index (χ3n) is 6.70. The average molecular weight is 512 g/mol. The maximum atomic E-state index is 12.7. The number of fused-ring (bicyclic) bond motifs is 1. The molecule has 4 saturated carbocycles. The van der Waals surface area contributed by atoms with Gasteiger partial charge in [-0.3, -0.25) is 9.53 Å². The van der Waals surface area contributed by atoms with Gasteiger partial charge in [-0.25, -0.2) is 4.98 Å². The fourth-order valence-electron chi connectivity index (χ4n) is 5.19. The monoisotopic (exact) mass is 511 g/mol. The Labute approximate surface area is 187 Å². The molecule has 0 atom stereocenters. The molecule has 3 heterocycles. The molecule has 4 fully saturated rings. The molecule has 4 aliphatic rings. The molecule has 1 N–H and O–H groups in total. The lowest BCUT2D eigenvalue weighted by Gasteiger charge is -2.68. The highest BCUT2D eigenvalue weighted by molar-refractivity contribution is 9.10. The zero-order chi connectivity index (χ0) is 22.3. The van der Waals surface area contributed by atoms with Crippen molar-refractivity contribution < 1.29 is 27.1 Å². The summed E-state index contributed by atoms with van der Waals surface area (Å²) in [6.07, 6.45) is 0.533. The third-order valence-corrected chi connectivity index (χ3v) is 7.20. The standard InChI is InChI=1S/C20H17BrF3N5O3/c21-11-1-2-29-6-13(25-14(29)5-11)15(30)26-19-7-18(8-19,9-19)17-28-27-16(31-17)10-3-12(4-10)32-20(22,23)24/h1-2,5-6,10,12H,3-4,7-9H2,(H,26,30)/t10-,12+,18?,19?. The molecule has 1 amide bonds. The van der Waals surface area contributed by atoms with Crippen LogP contribution in [0.15, 0.2) is 33.4 Å². The Morgan fingerprint density at radius 1 is 1.28 bits per heavy atom. The minimum atomic E-state index is -4.62. The average Bonchev–Trinajstić information content (AvgIpc) is 3.25. The summed E-state index contributed by atoms with van der Waals surface area (Å²) in [6.45, 7) is 0. The first-order valence-electron chi connectivity index (χ1n) is 10.2. The van der Waals surface area contributed by atoms with Crippen LogP contribution in [-0.2, 0) is 10.2 Å². The number of ether oxygens (including phenoxy) is 1. The van der Waals surface area contributed by atoms with E-state index in [2.05, 4.69) is 41.2 Å². The Morgan fingerprint density at radius 3 is 2.75 bits per heavy atom. The number of nitrogens with one attached hydrogen (secondary N) is 1. The second kappa shape index (κ2) is 6.53. The highest BCUT2D eigenvalue weighted by Gasteiger charge is 2.72. The molecule has 3 aromatic heterocycles. The molecule has 32 heavy (non-hydrogen) atoms. The summed E-state index contributed by atoms with van der Waals surface area (Å²) in [7, 11) is 0. The summed E-state index contributed by atoms with van der Waals surface area (Å²) in [5.74, 6) is 0.427. The number of aromatic nitrogens is 4. The first-order chi connectivity index (χ1) is 15.1. The topological polar surface area (TPSA) is 94.5 Å². The predicted molar refractivity (Wildman–Crippen MR) is 106 cm³/mol. The van der Waals surface area contributed by atoms with Crippen molar-refractivity contribution >= 4 is 27.5 Å². The van der Waals surface area contributed by atoms with Gasteiger partial charge < -0.3 is 14.1 Å². The van der Waals surface area contributed by atoms with E-state index in [1.165, 1.54) is 0 Å². The van der Waals surface area contributed by atoms with Crippen LogP contribution in [0, 0.1) is 0 Å². The first kappa shape index (κ1) is 20.2. The van der Waals surface area contributed by atoms with E-state index in [-0.39, 0.29) is 35.6 Å². The molecule has 0 unspecified atom stereocenters. The zero-order valence-electron chi connectivity index (χ0n) is 16.5. The molecule has 12 heteroatoms. The van der Waals surface area contributed by atoms with Crippen LogP contribution >= 0.6 is 15.9 Å². The molecule has 8 nitrogen and oxygen atoms in total. The quantitative estimate of drug-likeness (QED) is 0.558. The van der Waals surface area contributed by atoms with Crippen LogP contribution in [0.2, 0.25) is 0 Å². The van der Waals surface area contributed by atoms with Crippen molar-refractivity contribution in [2.75, 3.05) is 0 Å². The zero-order valence-corrected chi connectivity index (χ0v) is 18.1. The van der Waals surface area contributed by atoms with Crippen molar-refractivity contribution in [3.63, 3.8) is 0 Å². The Morgan fingerprint density at radius 2 is 2.03 bits per heavy atom. The summed E-state index contributed by atoms with van der Waals surface area (Å²) in [4.78, 5) is 17.1. The number of pyridine rings is 1. The number of hydrogen-bond donors (Lipinski definition) is 1. The number of carbonyl (C=O) groups is 1. The molecule has 0 spiro atoms. The van der Waals surface area contributed by atoms with Gasteiger partial charge in [-0.2, -0.15) is 0 Å². The van der Waals surface area contributed by atoms with Crippen LogP contribution in [0.5, 0.6) is 0 Å². The van der Waals surface area contributed by atoms with Gasteiger partial charge >= 0.3 is 6.36 Å². The van der Waals surface area contributed by atoms with Gasteiger partial charge in [-0.1, -0.05) is 15.9 Å². The molecular weight excluding hydrogens is 495 g/mol. The van der Waals surface area contributed by atoms with Crippen LogP contribution < -0.4 is 5.32 Å². The van der Waals surface area contributed by atoms with Crippen LogP contribution in [0.3, 0.4) is 0 Å². The Kier molecular flexibility index (Phi) is 4.12. The van der Waals surface area contributed by atoms with E-state index in [0.29, 0.717) is 42.4 Å². The molecule has 0 aliphatic heterocycles. The van der Waals surface area contributed by atoms with Gasteiger partial charge in [0.1, 0.15) is 11.3 Å². The van der Waals surface area contributed by atoms with Crippen LogP contribution in [-0.4, -0.2) is 43.5 Å². The van der Waals surface area contributed by atoms with Gasteiger partial charge in [-0.15, -0.1) is 23.4 Å². The van der Waals surface area contributed by atoms with E-state index in [4.69, 9.17) is 4.42 Å². The number of nitrogens with zero attached hydrogens (tertiary/aromatic N) is 4. The number of halogens is 4. The smallest absolute Gasteiger partial charge is 0.424 e. The van der Waals surface area contributed by atoms with E-state index in [1.807, 2.05) is 18.3 Å². The maximum absolute atomic E-state index is 12.7. The van der Waals surface area contributed by atoms with E-state index in [1.54, 1.807) is 10.6 Å². The summed E-state index contributed by atoms with van der Waals surface area (Å²) < 4.78 is 49.3. The Bertz CT molecular complexity index is 1210. The number of carbonyl (C=O) groups excluding carboxylic acids is 1. The van der Waals surface area contributed by atoms with E-state index in [0.717, 1.165) is 4.47 Å². The first-order valence-corrected chi connectivity index (χ1v) is 11.0. The van der Waals surface area contributed by atoms with Crippen molar-refractivity contribution in [1.82, 2.24) is 24.9 Å². The highest BCUT2D eigenvalue weighted by atomic mass is 79.9. The highest BCUT2D eigenvalue weighted by Crippen LogP contribution is 2.67. The fraction of sp³-hybridized carbons (Fsp3) is 0.500. The second-order valence-corrected chi connectivity index (χ2v) is 10.00. The minimum Gasteiger partial charge on any atom is -0.424 e. The van der Waals surface area contributed by atoms with Crippen LogP contribution in [0.25, 0.3) is 5.65 Å². The van der Waals surface area contributed by atoms with Crippen molar-refractivity contribution in [1.29, 1.82) is 0 Å². The number of alkyl halides is 3. The maximum Gasteiger partial charge on any atom is 0.522 e. The molecular formula is C20H17BrF3N5O3. The molecule has 7 rings (SSSR count). The van der Waals surface area contributed by atoms with Gasteiger partial charge in [-0.05, 0) is 44.2 Å². The predicted octanol–water partition coefficient (Wildman–Crippen LogP) is 3.87. The summed E-state index contributed by atoms with van der Waals surface area (Å²) in [5, 5.41) is 11.3. The lowest BCUT2D eigenvalue weighted by Crippen LogP contribution is -2.76. The van der Waals surface area contributed by atoms with Crippen molar-refractivity contribution in [3.8, 4) is 0 Å². The normalized spacial score (nSPS) is 31.0. The van der Waals surface area contributed by atoms with E-state index in [9.17, 15) is 18.0 Å². The van der Waals surface area contributed by atoms with Crippen molar-refractivity contribution in [2.24, 2.45) is 0 Å². The largest absolute Gasteiger partial charge is 0.522 e. The van der Waals surface area contributed by atoms with Gasteiger partial charge in [0.05, 0.1) is 11.5 Å². The molecule has 2 bridgehead atoms. The van der Waals surface area contributed by atoms with Gasteiger partial charge in [0.25, 0.3) is 5.91 Å². The summed E-state index contributed by atoms with van der Waals surface area (Å²) >= 11 is 3.39. The van der Waals surface area contributed by atoms with Gasteiger partial charge in [0, 0.05) is 28.3 Å². The Hall–Kier alpha value is -2.47. The minimum absolute atomic E-state index is 0.209. The molecule has 0 saturated heterocycles. The van der Waals surface area contributed by atoms with Gasteiger partial charge in [0.2, 0.25) is 11.8 Å². The number of hydrogen-bond acceptors (Lipinski definition) is 6. The van der Waals surface area contributed by atoms with Crippen LogP contribution in [0.1, 0.15) is 60.3 Å². The van der Waals surface area contributed by atoms with Crippen molar-refractivity contribution in [2.45, 2.75) is 61.4 Å². The number of amides is 1. The van der Waals surface area contributed by atoms with Crippen molar-refractivity contribution in [3.05, 3.63) is 46.5 Å². The van der Waals surface area contributed by atoms with E-state index >= 15 is 0 Å². The Balaban J connectivity index is 1.06. The van der Waals surface area contributed by atoms with Gasteiger partial charge in [0.15, 0.2) is 0 Å². The lowest BCUT2D eigenvalue weighted by molar-refractivity contribution is -0.352. The number of rotatable bonds is 5. The molecule has 168 valence electrons. The van der Waals surface area contributed by atoms with Crippen LogP contribution in [0.4, 0.5) is 13.2 Å². The van der Waals surface area contributed by atoms with E-state index < -0.39 is 12.5 Å².